The third-order valence-corrected chi connectivity index (χ3v) is 4.69. The van der Waals surface area contributed by atoms with Crippen molar-refractivity contribution >= 4 is 32.3 Å². The summed E-state index contributed by atoms with van der Waals surface area (Å²) in [5.74, 6) is -0.179. The number of ketones is 1. The number of carbonyl (C=O) groups excluding carboxylic acids is 1. The Hall–Kier alpha value is -1.73. The zero-order valence-electron chi connectivity index (χ0n) is 10.4. The molecule has 1 aromatic carbocycles. The lowest BCUT2D eigenvalue weighted by Crippen LogP contribution is -2.13. The first-order chi connectivity index (χ1) is 8.88. The van der Waals surface area contributed by atoms with Gasteiger partial charge in [0, 0.05) is 16.6 Å². The van der Waals surface area contributed by atoms with E-state index < -0.39 is 10.0 Å². The van der Waals surface area contributed by atoms with E-state index in [-0.39, 0.29) is 10.7 Å². The van der Waals surface area contributed by atoms with Crippen molar-refractivity contribution < 1.29 is 13.2 Å². The molecule has 0 bridgehead atoms. The van der Waals surface area contributed by atoms with Crippen LogP contribution in [-0.2, 0) is 10.0 Å². The number of hydrogen-bond acceptors (Lipinski definition) is 5. The number of Topliss-reactive ketones (excluding diaryl/α,β-unsaturated/α-hetero) is 1. The molecule has 100 valence electrons. The minimum Gasteiger partial charge on any atom is -0.295 e. The molecule has 1 heterocycles. The number of anilines is 1. The van der Waals surface area contributed by atoms with Crippen molar-refractivity contribution in [2.24, 2.45) is 0 Å². The number of nitrogens with zero attached hydrogens (tertiary/aromatic N) is 1. The standard InChI is InChI=1S/C12H12N2O3S2/c1-8-7-13-12(18-8)14-19(16,17)11-5-3-4-10(6-11)9(2)15/h3-7H,1-2H3,(H,13,14). The topological polar surface area (TPSA) is 76.1 Å². The zero-order chi connectivity index (χ0) is 14.0. The van der Waals surface area contributed by atoms with Crippen LogP contribution in [0.15, 0.2) is 35.4 Å². The minimum atomic E-state index is -3.71. The summed E-state index contributed by atoms with van der Waals surface area (Å²) in [6.45, 7) is 3.23. The number of benzene rings is 1. The second-order valence-corrected chi connectivity index (χ2v) is 6.88. The van der Waals surface area contributed by atoms with Crippen LogP contribution in [0.25, 0.3) is 0 Å². The van der Waals surface area contributed by atoms with E-state index in [0.717, 1.165) is 4.88 Å². The van der Waals surface area contributed by atoms with E-state index in [2.05, 4.69) is 9.71 Å². The zero-order valence-corrected chi connectivity index (χ0v) is 12.0. The molecule has 0 aliphatic carbocycles. The Balaban J connectivity index is 2.34. The molecule has 0 unspecified atom stereocenters. The molecule has 1 N–H and O–H groups in total. The van der Waals surface area contributed by atoms with Crippen LogP contribution in [0.2, 0.25) is 0 Å². The lowest BCUT2D eigenvalue weighted by Gasteiger charge is -2.06. The van der Waals surface area contributed by atoms with Gasteiger partial charge in [0.05, 0.1) is 4.90 Å². The molecule has 2 rings (SSSR count). The Bertz CT molecular complexity index is 720. The van der Waals surface area contributed by atoms with Crippen LogP contribution in [0.1, 0.15) is 22.2 Å². The maximum absolute atomic E-state index is 12.1. The highest BCUT2D eigenvalue weighted by Crippen LogP contribution is 2.21. The Morgan fingerprint density at radius 3 is 2.68 bits per heavy atom. The number of sulfonamides is 1. The average molecular weight is 296 g/mol. The van der Waals surface area contributed by atoms with Gasteiger partial charge in [0.2, 0.25) is 0 Å². The number of nitrogens with one attached hydrogen (secondary N) is 1. The van der Waals surface area contributed by atoms with E-state index in [1.807, 2.05) is 6.92 Å². The number of aryl methyl sites for hydroxylation is 1. The van der Waals surface area contributed by atoms with Gasteiger partial charge in [0.1, 0.15) is 0 Å². The molecule has 0 amide bonds. The molecule has 0 spiro atoms. The van der Waals surface area contributed by atoms with E-state index in [0.29, 0.717) is 10.7 Å². The Morgan fingerprint density at radius 1 is 1.37 bits per heavy atom. The minimum absolute atomic E-state index is 0.0491. The van der Waals surface area contributed by atoms with E-state index in [1.54, 1.807) is 18.3 Å². The molecular weight excluding hydrogens is 284 g/mol. The Labute approximate surface area is 115 Å². The second-order valence-electron chi connectivity index (χ2n) is 3.97. The van der Waals surface area contributed by atoms with Crippen LogP contribution >= 0.6 is 11.3 Å². The van der Waals surface area contributed by atoms with Crippen molar-refractivity contribution in [2.75, 3.05) is 4.72 Å². The normalized spacial score (nSPS) is 11.3. The summed E-state index contributed by atoms with van der Waals surface area (Å²) in [4.78, 5) is 16.2. The van der Waals surface area contributed by atoms with Gasteiger partial charge in [-0.05, 0) is 26.0 Å². The molecule has 0 saturated heterocycles. The summed E-state index contributed by atoms with van der Waals surface area (Å²) in [5.41, 5.74) is 0.359. The maximum atomic E-state index is 12.1. The molecule has 0 saturated carbocycles. The fourth-order valence-corrected chi connectivity index (χ4v) is 3.41. The van der Waals surface area contributed by atoms with Gasteiger partial charge in [0.15, 0.2) is 10.9 Å². The third-order valence-electron chi connectivity index (χ3n) is 2.39. The SMILES string of the molecule is CC(=O)c1cccc(S(=O)(=O)Nc2ncc(C)s2)c1. The van der Waals surface area contributed by atoms with Gasteiger partial charge < -0.3 is 0 Å². The highest BCUT2D eigenvalue weighted by Gasteiger charge is 2.16. The highest BCUT2D eigenvalue weighted by atomic mass is 32.2. The Kier molecular flexibility index (Phi) is 3.68. The predicted octanol–water partition coefficient (Wildman–Crippen LogP) is 2.45. The molecule has 1 aromatic heterocycles. The molecule has 19 heavy (non-hydrogen) atoms. The van der Waals surface area contributed by atoms with Crippen LogP contribution in [0.4, 0.5) is 5.13 Å². The summed E-state index contributed by atoms with van der Waals surface area (Å²) in [6.07, 6.45) is 1.59. The number of aromatic nitrogens is 1. The van der Waals surface area contributed by atoms with Crippen molar-refractivity contribution in [3.63, 3.8) is 0 Å². The van der Waals surface area contributed by atoms with Gasteiger partial charge in [-0.2, -0.15) is 0 Å². The summed E-state index contributed by atoms with van der Waals surface area (Å²) in [5, 5.41) is 0.311. The van der Waals surface area contributed by atoms with Crippen LogP contribution in [0.3, 0.4) is 0 Å². The molecule has 5 nitrogen and oxygen atoms in total. The van der Waals surface area contributed by atoms with Crippen LogP contribution in [-0.4, -0.2) is 19.2 Å². The molecule has 2 aromatic rings. The van der Waals surface area contributed by atoms with Crippen molar-refractivity contribution in [3.05, 3.63) is 40.9 Å². The molecule has 0 atom stereocenters. The smallest absolute Gasteiger partial charge is 0.263 e. The summed E-state index contributed by atoms with van der Waals surface area (Å²) in [6, 6.07) is 5.91. The molecule has 0 radical (unpaired) electrons. The predicted molar refractivity (Wildman–Crippen MR) is 74.1 cm³/mol. The first-order valence-corrected chi connectivity index (χ1v) is 7.75. The van der Waals surface area contributed by atoms with Crippen molar-refractivity contribution in [3.8, 4) is 0 Å². The quantitative estimate of drug-likeness (QED) is 0.879. The van der Waals surface area contributed by atoms with Crippen molar-refractivity contribution in [1.29, 1.82) is 0 Å². The maximum Gasteiger partial charge on any atom is 0.263 e. The Morgan fingerprint density at radius 2 is 2.11 bits per heavy atom. The molecule has 0 aliphatic heterocycles. The van der Waals surface area contributed by atoms with E-state index in [1.165, 1.54) is 30.4 Å². The van der Waals surface area contributed by atoms with Gasteiger partial charge in [-0.3, -0.25) is 9.52 Å². The molecule has 7 heteroatoms. The van der Waals surface area contributed by atoms with Crippen LogP contribution < -0.4 is 4.72 Å². The number of rotatable bonds is 4. The van der Waals surface area contributed by atoms with E-state index in [9.17, 15) is 13.2 Å². The second kappa shape index (κ2) is 5.10. The van der Waals surface area contributed by atoms with Crippen molar-refractivity contribution in [2.45, 2.75) is 18.7 Å². The van der Waals surface area contributed by atoms with Gasteiger partial charge in [-0.25, -0.2) is 13.4 Å². The number of thiazole rings is 1. The largest absolute Gasteiger partial charge is 0.295 e. The summed E-state index contributed by atoms with van der Waals surface area (Å²) < 4.78 is 26.6. The van der Waals surface area contributed by atoms with Crippen LogP contribution in [0, 0.1) is 6.92 Å². The van der Waals surface area contributed by atoms with Crippen molar-refractivity contribution in [1.82, 2.24) is 4.98 Å². The van der Waals surface area contributed by atoms with Gasteiger partial charge in [0.25, 0.3) is 10.0 Å². The summed E-state index contributed by atoms with van der Waals surface area (Å²) in [7, 11) is -3.71. The molecule has 0 aliphatic rings. The lowest BCUT2D eigenvalue weighted by atomic mass is 10.2. The van der Waals surface area contributed by atoms with Gasteiger partial charge >= 0.3 is 0 Å². The molecule has 0 fully saturated rings. The molecular formula is C12H12N2O3S2. The average Bonchev–Trinajstić information content (AvgIpc) is 2.74. The fraction of sp³-hybridized carbons (Fsp3) is 0.167. The summed E-state index contributed by atoms with van der Waals surface area (Å²) >= 11 is 1.25. The monoisotopic (exact) mass is 296 g/mol. The van der Waals surface area contributed by atoms with Crippen LogP contribution in [0.5, 0.6) is 0 Å². The number of carbonyl (C=O) groups is 1. The third kappa shape index (κ3) is 3.18. The highest BCUT2D eigenvalue weighted by molar-refractivity contribution is 7.93. The van der Waals surface area contributed by atoms with E-state index >= 15 is 0 Å². The van der Waals surface area contributed by atoms with Gasteiger partial charge in [-0.15, -0.1) is 11.3 Å². The first-order valence-electron chi connectivity index (χ1n) is 5.45. The number of hydrogen-bond donors (Lipinski definition) is 1. The lowest BCUT2D eigenvalue weighted by molar-refractivity contribution is 0.101. The van der Waals surface area contributed by atoms with Gasteiger partial charge in [-0.1, -0.05) is 12.1 Å². The van der Waals surface area contributed by atoms with E-state index in [4.69, 9.17) is 0 Å². The first kappa shape index (κ1) is 13.7. The fourth-order valence-electron chi connectivity index (χ4n) is 1.46.